The fourth-order valence-corrected chi connectivity index (χ4v) is 3.99. The number of hydrogen-bond acceptors (Lipinski definition) is 3. The van der Waals surface area contributed by atoms with E-state index in [1.165, 1.54) is 16.7 Å². The fraction of sp³-hybridized carbons (Fsp3) is 0.273. The van der Waals surface area contributed by atoms with Gasteiger partial charge in [0.15, 0.2) is 0 Å². The van der Waals surface area contributed by atoms with Crippen molar-refractivity contribution >= 4 is 46.0 Å². The monoisotopic (exact) mass is 433 g/mol. The van der Waals surface area contributed by atoms with E-state index < -0.39 is 11.9 Å². The molecule has 3 rings (SSSR count). The van der Waals surface area contributed by atoms with Crippen LogP contribution in [0.5, 0.6) is 5.75 Å². The molecule has 0 aliphatic rings. The minimum atomic E-state index is -0.977. The lowest BCUT2D eigenvalue weighted by Gasteiger charge is -2.20. The van der Waals surface area contributed by atoms with Crippen LogP contribution in [0.4, 0.5) is 0 Å². The maximum Gasteiger partial charge on any atom is 0.311 e. The van der Waals surface area contributed by atoms with Crippen molar-refractivity contribution in [3.05, 3.63) is 63.3 Å². The van der Waals surface area contributed by atoms with Crippen molar-refractivity contribution in [3.63, 3.8) is 0 Å². The molecule has 0 saturated carbocycles. The molecule has 5 nitrogen and oxygen atoms in total. The molecule has 7 heteroatoms. The van der Waals surface area contributed by atoms with Crippen molar-refractivity contribution < 1.29 is 19.8 Å². The third-order valence-electron chi connectivity index (χ3n) is 5.41. The first-order valence-corrected chi connectivity index (χ1v) is 9.99. The van der Waals surface area contributed by atoms with Crippen molar-refractivity contribution in [2.75, 3.05) is 0 Å². The van der Waals surface area contributed by atoms with Gasteiger partial charge in [0, 0.05) is 21.7 Å². The van der Waals surface area contributed by atoms with Crippen molar-refractivity contribution in [3.8, 4) is 5.75 Å². The third-order valence-corrected chi connectivity index (χ3v) is 5.96. The zero-order chi connectivity index (χ0) is 21.5. The maximum atomic E-state index is 13.3. The summed E-state index contributed by atoms with van der Waals surface area (Å²) in [5.41, 5.74) is 1.88. The van der Waals surface area contributed by atoms with Crippen LogP contribution in [0, 0.1) is 12.8 Å². The molecule has 3 aromatic rings. The molecule has 0 spiro atoms. The number of nitrogens with zero attached hydrogens (tertiary/aromatic N) is 1. The quantitative estimate of drug-likeness (QED) is 0.527. The van der Waals surface area contributed by atoms with Gasteiger partial charge in [0.05, 0.1) is 16.5 Å². The lowest BCUT2D eigenvalue weighted by molar-refractivity contribution is -0.140. The number of halogens is 2. The largest absolute Gasteiger partial charge is 0.506 e. The SMILES string of the molecule is CCC(C)[C@@H](C(=O)O)c1c(C)n(C(=O)c2ccc(Cl)cc2)c2cc(Cl)c(O)cc12. The number of fused-ring (bicyclic) bond motifs is 1. The van der Waals surface area contributed by atoms with Gasteiger partial charge in [-0.1, -0.05) is 43.5 Å². The van der Waals surface area contributed by atoms with E-state index in [1.54, 1.807) is 31.2 Å². The van der Waals surface area contributed by atoms with E-state index in [0.717, 1.165) is 0 Å². The highest BCUT2D eigenvalue weighted by Gasteiger charge is 2.33. The topological polar surface area (TPSA) is 79.5 Å². The highest BCUT2D eigenvalue weighted by Crippen LogP contribution is 2.40. The molecule has 0 saturated heterocycles. The number of benzene rings is 2. The molecule has 2 aromatic carbocycles. The highest BCUT2D eigenvalue weighted by molar-refractivity contribution is 6.33. The molecule has 2 N–H and O–H groups in total. The van der Waals surface area contributed by atoms with Crippen LogP contribution in [0.2, 0.25) is 10.0 Å². The average Bonchev–Trinajstić information content (AvgIpc) is 2.93. The number of aromatic hydroxyl groups is 1. The Morgan fingerprint density at radius 3 is 2.31 bits per heavy atom. The van der Waals surface area contributed by atoms with Crippen molar-refractivity contribution in [1.29, 1.82) is 0 Å². The number of carboxylic acid groups (broad SMARTS) is 1. The maximum absolute atomic E-state index is 13.3. The minimum absolute atomic E-state index is 0.0853. The van der Waals surface area contributed by atoms with Crippen LogP contribution < -0.4 is 0 Å². The predicted octanol–water partition coefficient (Wildman–Crippen LogP) is 5.86. The summed E-state index contributed by atoms with van der Waals surface area (Å²) in [6, 6.07) is 9.39. The average molecular weight is 434 g/mol. The number of rotatable bonds is 5. The van der Waals surface area contributed by atoms with E-state index in [2.05, 4.69) is 0 Å². The Bertz CT molecular complexity index is 1100. The predicted molar refractivity (Wildman–Crippen MR) is 114 cm³/mol. The molecule has 29 heavy (non-hydrogen) atoms. The van der Waals surface area contributed by atoms with E-state index in [0.29, 0.717) is 39.2 Å². The summed E-state index contributed by atoms with van der Waals surface area (Å²) in [5.74, 6) is -2.47. The molecule has 0 fully saturated rings. The van der Waals surface area contributed by atoms with Crippen LogP contribution in [-0.2, 0) is 4.79 Å². The molecular formula is C22H21Cl2NO4. The van der Waals surface area contributed by atoms with Crippen LogP contribution in [0.25, 0.3) is 10.9 Å². The van der Waals surface area contributed by atoms with E-state index in [1.807, 2.05) is 13.8 Å². The Morgan fingerprint density at radius 1 is 1.14 bits per heavy atom. The summed E-state index contributed by atoms with van der Waals surface area (Å²) in [5, 5.41) is 21.2. The normalized spacial score (nSPS) is 13.4. The van der Waals surface area contributed by atoms with Gasteiger partial charge in [-0.2, -0.15) is 0 Å². The van der Waals surface area contributed by atoms with E-state index in [9.17, 15) is 19.8 Å². The Morgan fingerprint density at radius 2 is 1.76 bits per heavy atom. The molecule has 0 amide bonds. The molecule has 1 aromatic heterocycles. The number of hydrogen-bond donors (Lipinski definition) is 2. The summed E-state index contributed by atoms with van der Waals surface area (Å²) in [7, 11) is 0. The first kappa shape index (κ1) is 21.2. The van der Waals surface area contributed by atoms with E-state index >= 15 is 0 Å². The standard InChI is InChI=1S/C22H21Cl2NO4/c1-4-11(2)19(22(28)29)20-12(3)25(17-10-16(24)18(26)9-15(17)20)21(27)13-5-7-14(23)8-6-13/h5-11,19,26H,4H2,1-3H3,(H,28,29)/t11?,19-/m1/s1. The Hall–Kier alpha value is -2.50. The van der Waals surface area contributed by atoms with E-state index in [4.69, 9.17) is 23.2 Å². The van der Waals surface area contributed by atoms with Crippen LogP contribution in [0.15, 0.2) is 36.4 Å². The van der Waals surface area contributed by atoms with Gasteiger partial charge in [0.2, 0.25) is 0 Å². The molecule has 0 bridgehead atoms. The lowest BCUT2D eigenvalue weighted by atomic mass is 9.84. The number of carbonyl (C=O) groups excluding carboxylic acids is 1. The van der Waals surface area contributed by atoms with Gasteiger partial charge in [0.25, 0.3) is 5.91 Å². The van der Waals surface area contributed by atoms with Gasteiger partial charge in [-0.3, -0.25) is 14.2 Å². The van der Waals surface area contributed by atoms with Crippen LogP contribution in [0.3, 0.4) is 0 Å². The second-order valence-corrected chi connectivity index (χ2v) is 8.01. The lowest BCUT2D eigenvalue weighted by Crippen LogP contribution is -2.21. The zero-order valence-corrected chi connectivity index (χ0v) is 17.8. The molecule has 152 valence electrons. The van der Waals surface area contributed by atoms with Crippen LogP contribution in [-0.4, -0.2) is 26.7 Å². The summed E-state index contributed by atoms with van der Waals surface area (Å²) in [4.78, 5) is 25.4. The van der Waals surface area contributed by atoms with E-state index in [-0.39, 0.29) is 22.6 Å². The molecule has 1 unspecified atom stereocenters. The number of carbonyl (C=O) groups is 2. The zero-order valence-electron chi connectivity index (χ0n) is 16.2. The number of aromatic nitrogens is 1. The third kappa shape index (κ3) is 3.72. The Balaban J connectivity index is 2.35. The molecule has 0 aliphatic heterocycles. The molecule has 1 heterocycles. The Kier molecular flexibility index (Phi) is 5.92. The first-order valence-electron chi connectivity index (χ1n) is 9.23. The number of aliphatic carboxylic acids is 1. The minimum Gasteiger partial charge on any atom is -0.506 e. The van der Waals surface area contributed by atoms with Crippen molar-refractivity contribution in [1.82, 2.24) is 4.57 Å². The summed E-state index contributed by atoms with van der Waals surface area (Å²) < 4.78 is 1.46. The molecule has 0 aliphatic carbocycles. The molecular weight excluding hydrogens is 413 g/mol. The van der Waals surface area contributed by atoms with Crippen molar-refractivity contribution in [2.24, 2.45) is 5.92 Å². The van der Waals surface area contributed by atoms with Crippen molar-refractivity contribution in [2.45, 2.75) is 33.1 Å². The number of phenols is 1. The highest BCUT2D eigenvalue weighted by atomic mass is 35.5. The van der Waals surface area contributed by atoms with Gasteiger partial charge < -0.3 is 10.2 Å². The van der Waals surface area contributed by atoms with Crippen LogP contribution >= 0.6 is 23.2 Å². The van der Waals surface area contributed by atoms with Gasteiger partial charge in [0.1, 0.15) is 5.75 Å². The molecule has 0 radical (unpaired) electrons. The molecule has 2 atom stereocenters. The summed E-state index contributed by atoms with van der Waals surface area (Å²) in [6.45, 7) is 5.49. The van der Waals surface area contributed by atoms with Gasteiger partial charge >= 0.3 is 5.97 Å². The summed E-state index contributed by atoms with van der Waals surface area (Å²) >= 11 is 12.0. The smallest absolute Gasteiger partial charge is 0.311 e. The first-order chi connectivity index (χ1) is 13.7. The second-order valence-electron chi connectivity index (χ2n) is 7.17. The Labute approximate surface area is 178 Å². The van der Waals surface area contributed by atoms with Crippen LogP contribution in [0.1, 0.15) is 47.8 Å². The van der Waals surface area contributed by atoms with Gasteiger partial charge in [-0.15, -0.1) is 0 Å². The second kappa shape index (κ2) is 8.09. The van der Waals surface area contributed by atoms with Gasteiger partial charge in [-0.05, 0) is 54.8 Å². The van der Waals surface area contributed by atoms with Gasteiger partial charge in [-0.25, -0.2) is 0 Å². The summed E-state index contributed by atoms with van der Waals surface area (Å²) in [6.07, 6.45) is 0.647. The number of carboxylic acids is 1. The fourth-order valence-electron chi connectivity index (χ4n) is 3.71. The number of phenolic OH excluding ortho intramolecular Hbond substituents is 1.